The van der Waals surface area contributed by atoms with Gasteiger partial charge in [-0.3, -0.25) is 5.43 Å². The van der Waals surface area contributed by atoms with Crippen LogP contribution in [-0.2, 0) is 0 Å². The van der Waals surface area contributed by atoms with E-state index < -0.39 is 11.6 Å². The van der Waals surface area contributed by atoms with E-state index in [1.165, 1.54) is 24.4 Å². The predicted molar refractivity (Wildman–Crippen MR) is 79.0 cm³/mol. The number of benzene rings is 2. The van der Waals surface area contributed by atoms with Gasteiger partial charge in [0.2, 0.25) is 0 Å². The van der Waals surface area contributed by atoms with Crippen LogP contribution in [0, 0.1) is 11.6 Å². The zero-order valence-corrected chi connectivity index (χ0v) is 12.1. The summed E-state index contributed by atoms with van der Waals surface area (Å²) in [5.74, 6) is -1.87. The van der Waals surface area contributed by atoms with Crippen LogP contribution >= 0.6 is 34.8 Å². The molecule has 7 heteroatoms. The van der Waals surface area contributed by atoms with Gasteiger partial charge in [0.05, 0.1) is 21.9 Å². The smallest absolute Gasteiger partial charge is 0.159 e. The minimum Gasteiger partial charge on any atom is -0.275 e. The second kappa shape index (κ2) is 6.39. The van der Waals surface area contributed by atoms with Crippen molar-refractivity contribution in [3.8, 4) is 0 Å². The Hall–Kier alpha value is -1.36. The van der Waals surface area contributed by atoms with Gasteiger partial charge in [-0.15, -0.1) is 0 Å². The summed E-state index contributed by atoms with van der Waals surface area (Å²) in [5, 5.41) is 4.85. The van der Waals surface area contributed by atoms with Gasteiger partial charge in [0.15, 0.2) is 11.6 Å². The molecule has 0 heterocycles. The number of rotatable bonds is 3. The molecule has 0 saturated heterocycles. The molecule has 0 aliphatic heterocycles. The lowest BCUT2D eigenvalue weighted by Gasteiger charge is -2.06. The summed E-state index contributed by atoms with van der Waals surface area (Å²) in [6, 6.07) is 6.42. The van der Waals surface area contributed by atoms with Gasteiger partial charge in [0, 0.05) is 5.02 Å². The molecule has 0 unspecified atom stereocenters. The average molecular weight is 336 g/mol. The molecule has 104 valence electrons. The third kappa shape index (κ3) is 3.60. The number of nitrogens with zero attached hydrogens (tertiary/aromatic N) is 1. The fourth-order valence-electron chi connectivity index (χ4n) is 1.41. The summed E-state index contributed by atoms with van der Waals surface area (Å²) in [7, 11) is 0. The van der Waals surface area contributed by atoms with Crippen molar-refractivity contribution in [3.05, 3.63) is 62.6 Å². The second-order valence-corrected chi connectivity index (χ2v) is 5.04. The first-order chi connectivity index (χ1) is 9.47. The van der Waals surface area contributed by atoms with Crippen LogP contribution in [0.5, 0.6) is 0 Å². The molecule has 2 aromatic carbocycles. The monoisotopic (exact) mass is 334 g/mol. The van der Waals surface area contributed by atoms with Crippen molar-refractivity contribution in [1.82, 2.24) is 0 Å². The van der Waals surface area contributed by atoms with Gasteiger partial charge in [-0.2, -0.15) is 5.10 Å². The third-order valence-corrected chi connectivity index (χ3v) is 3.15. The van der Waals surface area contributed by atoms with Crippen molar-refractivity contribution in [3.63, 3.8) is 0 Å². The number of anilines is 1. The van der Waals surface area contributed by atoms with E-state index in [9.17, 15) is 8.78 Å². The number of hydrazone groups is 1. The second-order valence-electron chi connectivity index (χ2n) is 3.79. The Morgan fingerprint density at radius 2 is 1.60 bits per heavy atom. The summed E-state index contributed by atoms with van der Waals surface area (Å²) in [4.78, 5) is 0. The van der Waals surface area contributed by atoms with E-state index >= 15 is 0 Å². The third-order valence-electron chi connectivity index (χ3n) is 2.34. The summed E-state index contributed by atoms with van der Waals surface area (Å²) in [6.45, 7) is 0. The Bertz CT molecular complexity index is 652. The molecule has 0 radical (unpaired) electrons. The molecule has 2 nitrogen and oxygen atoms in total. The maximum Gasteiger partial charge on any atom is 0.159 e. The van der Waals surface area contributed by atoms with Crippen LogP contribution in [0.15, 0.2) is 35.4 Å². The summed E-state index contributed by atoms with van der Waals surface area (Å²) >= 11 is 17.7. The van der Waals surface area contributed by atoms with Crippen LogP contribution < -0.4 is 5.43 Å². The van der Waals surface area contributed by atoms with E-state index in [-0.39, 0.29) is 0 Å². The van der Waals surface area contributed by atoms with Gasteiger partial charge in [0.25, 0.3) is 0 Å². The highest BCUT2D eigenvalue weighted by molar-refractivity contribution is 6.41. The van der Waals surface area contributed by atoms with Crippen molar-refractivity contribution in [2.45, 2.75) is 0 Å². The number of hydrogen-bond acceptors (Lipinski definition) is 2. The maximum atomic E-state index is 13.0. The fraction of sp³-hybridized carbons (Fsp3) is 0. The van der Waals surface area contributed by atoms with Gasteiger partial charge in [-0.1, -0.05) is 40.9 Å². The highest BCUT2D eigenvalue weighted by Gasteiger charge is 2.06. The predicted octanol–water partition coefficient (Wildman–Crippen LogP) is 5.37. The molecule has 0 fully saturated rings. The minimum absolute atomic E-state index is 0.296. The minimum atomic E-state index is -0.948. The van der Waals surface area contributed by atoms with Crippen molar-refractivity contribution in [1.29, 1.82) is 0 Å². The van der Waals surface area contributed by atoms with Gasteiger partial charge in [-0.25, -0.2) is 8.78 Å². The zero-order chi connectivity index (χ0) is 14.7. The Balaban J connectivity index is 2.16. The SMILES string of the molecule is Fc1ccc(C=NNc2c(Cl)cc(Cl)cc2Cl)cc1F. The first-order valence-electron chi connectivity index (χ1n) is 5.36. The standard InChI is InChI=1S/C13H7Cl3F2N2/c14-8-4-9(15)13(10(16)5-8)20-19-6-7-1-2-11(17)12(18)3-7/h1-6,20H. The normalized spacial score (nSPS) is 11.1. The van der Waals surface area contributed by atoms with Crippen LogP contribution in [0.2, 0.25) is 15.1 Å². The Kier molecular flexibility index (Phi) is 4.81. The van der Waals surface area contributed by atoms with Crippen molar-refractivity contribution < 1.29 is 8.78 Å². The first-order valence-corrected chi connectivity index (χ1v) is 6.49. The zero-order valence-electron chi connectivity index (χ0n) is 9.80. The van der Waals surface area contributed by atoms with Crippen LogP contribution in [0.25, 0.3) is 0 Å². The van der Waals surface area contributed by atoms with E-state index in [0.717, 1.165) is 12.1 Å². The average Bonchev–Trinajstić information content (AvgIpc) is 2.36. The largest absolute Gasteiger partial charge is 0.275 e. The maximum absolute atomic E-state index is 13.0. The Morgan fingerprint density at radius 3 is 2.20 bits per heavy atom. The summed E-state index contributed by atoms with van der Waals surface area (Å²) < 4.78 is 25.7. The lowest BCUT2D eigenvalue weighted by Crippen LogP contribution is -1.94. The summed E-state index contributed by atoms with van der Waals surface area (Å²) in [6.07, 6.45) is 1.31. The van der Waals surface area contributed by atoms with Gasteiger partial charge in [0.1, 0.15) is 0 Å². The van der Waals surface area contributed by atoms with E-state index in [4.69, 9.17) is 34.8 Å². The molecule has 0 aliphatic carbocycles. The number of hydrogen-bond donors (Lipinski definition) is 1. The van der Waals surface area contributed by atoms with Gasteiger partial charge >= 0.3 is 0 Å². The molecular weight excluding hydrogens is 329 g/mol. The van der Waals surface area contributed by atoms with Gasteiger partial charge in [-0.05, 0) is 29.8 Å². The van der Waals surface area contributed by atoms with Crippen molar-refractivity contribution in [2.75, 3.05) is 5.43 Å². The topological polar surface area (TPSA) is 24.4 Å². The lowest BCUT2D eigenvalue weighted by molar-refractivity contribution is 0.508. The lowest BCUT2D eigenvalue weighted by atomic mass is 10.2. The van der Waals surface area contributed by atoms with Crippen molar-refractivity contribution >= 4 is 46.7 Å². The van der Waals surface area contributed by atoms with Crippen molar-refractivity contribution in [2.24, 2.45) is 5.10 Å². The highest BCUT2D eigenvalue weighted by atomic mass is 35.5. The summed E-state index contributed by atoms with van der Waals surface area (Å²) in [5.41, 5.74) is 3.38. The molecular formula is C13H7Cl3F2N2. The first kappa shape index (κ1) is 15.0. The van der Waals surface area contributed by atoms with E-state index in [1.54, 1.807) is 0 Å². The molecule has 0 amide bonds. The molecule has 0 aromatic heterocycles. The molecule has 0 spiro atoms. The molecule has 0 atom stereocenters. The Morgan fingerprint density at radius 1 is 0.950 bits per heavy atom. The molecule has 2 rings (SSSR count). The van der Waals surface area contributed by atoms with Crippen LogP contribution in [0.3, 0.4) is 0 Å². The molecule has 1 N–H and O–H groups in total. The Labute approximate surface area is 129 Å². The highest BCUT2D eigenvalue weighted by Crippen LogP contribution is 2.33. The van der Waals surface area contributed by atoms with Crippen LogP contribution in [-0.4, -0.2) is 6.21 Å². The van der Waals surface area contributed by atoms with Gasteiger partial charge < -0.3 is 0 Å². The van der Waals surface area contributed by atoms with E-state index in [2.05, 4.69) is 10.5 Å². The molecule has 0 bridgehead atoms. The number of halogens is 5. The molecule has 20 heavy (non-hydrogen) atoms. The van der Waals surface area contributed by atoms with Crippen LogP contribution in [0.4, 0.5) is 14.5 Å². The molecule has 0 aliphatic rings. The molecule has 2 aromatic rings. The molecule has 0 saturated carbocycles. The van der Waals surface area contributed by atoms with Crippen LogP contribution in [0.1, 0.15) is 5.56 Å². The fourth-order valence-corrected chi connectivity index (χ4v) is 2.31. The van der Waals surface area contributed by atoms with E-state index in [1.807, 2.05) is 0 Å². The quantitative estimate of drug-likeness (QED) is 0.592. The van der Waals surface area contributed by atoms with E-state index in [0.29, 0.717) is 26.3 Å². The number of nitrogens with one attached hydrogen (secondary N) is 1.